The zero-order valence-electron chi connectivity index (χ0n) is 11.1. The molecule has 0 aliphatic rings. The largest absolute Gasteiger partial charge is 0.480 e. The van der Waals surface area contributed by atoms with Gasteiger partial charge in [-0.25, -0.2) is 9.59 Å². The maximum atomic E-state index is 11.6. The Morgan fingerprint density at radius 1 is 1.22 bits per heavy atom. The minimum Gasteiger partial charge on any atom is -0.480 e. The molecule has 18 heavy (non-hydrogen) atoms. The number of carbonyl (C=O) groups excluding carboxylic acids is 1. The number of carboxylic acid groups (broad SMARTS) is 1. The van der Waals surface area contributed by atoms with Crippen molar-refractivity contribution in [1.29, 1.82) is 0 Å². The van der Waals surface area contributed by atoms with Crippen LogP contribution in [0.4, 0.5) is 4.79 Å². The molecule has 1 atom stereocenters. The van der Waals surface area contributed by atoms with Gasteiger partial charge in [-0.1, -0.05) is 20.8 Å². The number of aliphatic carboxylic acids is 1. The summed E-state index contributed by atoms with van der Waals surface area (Å²) in [6.45, 7) is 5.50. The van der Waals surface area contributed by atoms with Gasteiger partial charge in [-0.15, -0.1) is 0 Å². The summed E-state index contributed by atoms with van der Waals surface area (Å²) in [4.78, 5) is 22.7. The van der Waals surface area contributed by atoms with Crippen molar-refractivity contribution in [3.05, 3.63) is 0 Å². The van der Waals surface area contributed by atoms with Crippen LogP contribution in [0.15, 0.2) is 0 Å². The van der Waals surface area contributed by atoms with Crippen LogP contribution in [0.3, 0.4) is 0 Å². The van der Waals surface area contributed by atoms with E-state index in [1.807, 2.05) is 0 Å². The Labute approximate surface area is 110 Å². The van der Waals surface area contributed by atoms with Gasteiger partial charge < -0.3 is 15.7 Å². The van der Waals surface area contributed by atoms with Crippen molar-refractivity contribution >= 4 is 22.8 Å². The number of carbonyl (C=O) groups is 2. The number of rotatable bonds is 8. The van der Waals surface area contributed by atoms with Gasteiger partial charge in [0.25, 0.3) is 0 Å². The van der Waals surface area contributed by atoms with E-state index in [-0.39, 0.29) is 6.54 Å². The molecule has 0 aromatic carbocycles. The Kier molecular flexibility index (Phi) is 7.58. The summed E-state index contributed by atoms with van der Waals surface area (Å²) in [5.41, 5.74) is -1.23. The molecule has 0 bridgehead atoms. The number of amides is 2. The number of urea groups is 1. The van der Waals surface area contributed by atoms with E-state index in [0.717, 1.165) is 0 Å². The zero-order valence-corrected chi connectivity index (χ0v) is 11.9. The minimum absolute atomic E-state index is 0.273. The summed E-state index contributed by atoms with van der Waals surface area (Å²) in [5, 5.41) is 14.1. The van der Waals surface area contributed by atoms with Crippen molar-refractivity contribution in [3.8, 4) is 0 Å². The quantitative estimate of drug-likeness (QED) is 0.609. The lowest BCUT2D eigenvalue weighted by Crippen LogP contribution is -2.56. The van der Waals surface area contributed by atoms with Crippen LogP contribution >= 0.6 is 0 Å². The van der Waals surface area contributed by atoms with Crippen LogP contribution < -0.4 is 10.6 Å². The van der Waals surface area contributed by atoms with E-state index in [2.05, 4.69) is 10.6 Å². The zero-order chi connectivity index (χ0) is 14.2. The summed E-state index contributed by atoms with van der Waals surface area (Å²) in [6, 6.07) is -0.533. The van der Waals surface area contributed by atoms with Gasteiger partial charge >= 0.3 is 12.0 Å². The highest BCUT2D eigenvalue weighted by molar-refractivity contribution is 7.84. The van der Waals surface area contributed by atoms with Crippen LogP contribution in [0.2, 0.25) is 0 Å². The van der Waals surface area contributed by atoms with Crippen LogP contribution in [0.1, 0.15) is 33.6 Å². The van der Waals surface area contributed by atoms with Gasteiger partial charge in [-0.2, -0.15) is 0 Å². The summed E-state index contributed by atoms with van der Waals surface area (Å²) in [6.07, 6.45) is 0.625. The van der Waals surface area contributed by atoms with Crippen LogP contribution in [-0.2, 0) is 15.6 Å². The molecule has 0 aliphatic heterocycles. The maximum Gasteiger partial charge on any atom is 0.329 e. The van der Waals surface area contributed by atoms with Crippen LogP contribution in [0.5, 0.6) is 0 Å². The Morgan fingerprint density at radius 3 is 2.17 bits per heavy atom. The SMILES string of the molecule is CCS(=O)CCNC(=O)NC(CC)(CC)C(=O)O. The highest BCUT2D eigenvalue weighted by atomic mass is 32.2. The molecule has 0 aromatic rings. The molecule has 0 spiro atoms. The summed E-state index contributed by atoms with van der Waals surface area (Å²) in [7, 11) is -0.938. The Bertz CT molecular complexity index is 316. The van der Waals surface area contributed by atoms with Gasteiger partial charge in [0.2, 0.25) is 0 Å². The third-order valence-electron chi connectivity index (χ3n) is 2.91. The number of hydrogen-bond donors (Lipinski definition) is 3. The second kappa shape index (κ2) is 8.07. The summed E-state index contributed by atoms with van der Waals surface area (Å²) < 4.78 is 11.1. The van der Waals surface area contributed by atoms with Crippen molar-refractivity contribution < 1.29 is 18.9 Å². The van der Waals surface area contributed by atoms with Gasteiger partial charge in [0, 0.05) is 28.9 Å². The second-order valence-electron chi connectivity index (χ2n) is 3.91. The van der Waals surface area contributed by atoms with Crippen molar-refractivity contribution in [2.24, 2.45) is 0 Å². The molecule has 0 saturated heterocycles. The smallest absolute Gasteiger partial charge is 0.329 e. The lowest BCUT2D eigenvalue weighted by atomic mass is 9.93. The summed E-state index contributed by atoms with van der Waals surface area (Å²) >= 11 is 0. The van der Waals surface area contributed by atoms with Gasteiger partial charge in [0.05, 0.1) is 0 Å². The predicted octanol–water partition coefficient (Wildman–Crippen LogP) is 0.698. The molecule has 106 valence electrons. The van der Waals surface area contributed by atoms with E-state index in [4.69, 9.17) is 5.11 Å². The highest BCUT2D eigenvalue weighted by Gasteiger charge is 2.36. The lowest BCUT2D eigenvalue weighted by Gasteiger charge is -2.28. The predicted molar refractivity (Wildman–Crippen MR) is 71.0 cm³/mol. The van der Waals surface area contributed by atoms with Crippen LogP contribution in [-0.4, -0.2) is 44.9 Å². The normalized spacial score (nSPS) is 12.8. The molecule has 6 nitrogen and oxygen atoms in total. The van der Waals surface area contributed by atoms with E-state index >= 15 is 0 Å². The molecule has 0 saturated carbocycles. The first kappa shape index (κ1) is 16.9. The first-order chi connectivity index (χ1) is 8.41. The Hall–Kier alpha value is -1.11. The monoisotopic (exact) mass is 278 g/mol. The van der Waals surface area contributed by atoms with Gasteiger partial charge in [-0.05, 0) is 12.8 Å². The molecule has 0 aliphatic carbocycles. The molecule has 0 fully saturated rings. The Balaban J connectivity index is 4.28. The fraction of sp³-hybridized carbons (Fsp3) is 0.818. The molecule has 0 aromatic heterocycles. The number of hydrogen-bond acceptors (Lipinski definition) is 3. The minimum atomic E-state index is -1.23. The molecule has 1 unspecified atom stereocenters. The third-order valence-corrected chi connectivity index (χ3v) is 4.21. The first-order valence-electron chi connectivity index (χ1n) is 6.06. The number of nitrogens with one attached hydrogen (secondary N) is 2. The van der Waals surface area contributed by atoms with E-state index in [0.29, 0.717) is 24.3 Å². The fourth-order valence-corrected chi connectivity index (χ4v) is 2.09. The van der Waals surface area contributed by atoms with Gasteiger partial charge in [-0.3, -0.25) is 4.21 Å². The molecular weight excluding hydrogens is 256 g/mol. The molecule has 3 N–H and O–H groups in total. The van der Waals surface area contributed by atoms with E-state index in [1.165, 1.54) is 0 Å². The molecule has 7 heteroatoms. The second-order valence-corrected chi connectivity index (χ2v) is 5.77. The first-order valence-corrected chi connectivity index (χ1v) is 7.55. The molecule has 0 rings (SSSR count). The molecule has 0 heterocycles. The van der Waals surface area contributed by atoms with Crippen molar-refractivity contribution in [3.63, 3.8) is 0 Å². The molecule has 0 radical (unpaired) electrons. The average Bonchev–Trinajstić information content (AvgIpc) is 2.35. The molecule has 2 amide bonds. The van der Waals surface area contributed by atoms with Gasteiger partial charge in [0.15, 0.2) is 0 Å². The Morgan fingerprint density at radius 2 is 1.78 bits per heavy atom. The van der Waals surface area contributed by atoms with Crippen LogP contribution in [0, 0.1) is 0 Å². The molecular formula is C11H22N2O4S. The maximum absolute atomic E-state index is 11.6. The lowest BCUT2D eigenvalue weighted by molar-refractivity contribution is -0.144. The average molecular weight is 278 g/mol. The fourth-order valence-electron chi connectivity index (χ4n) is 1.47. The topological polar surface area (TPSA) is 95.5 Å². The van der Waals surface area contributed by atoms with E-state index < -0.39 is 28.3 Å². The third kappa shape index (κ3) is 5.03. The van der Waals surface area contributed by atoms with E-state index in [9.17, 15) is 13.8 Å². The van der Waals surface area contributed by atoms with Crippen molar-refractivity contribution in [2.75, 3.05) is 18.1 Å². The number of carboxylic acids is 1. The van der Waals surface area contributed by atoms with Crippen LogP contribution in [0.25, 0.3) is 0 Å². The highest BCUT2D eigenvalue weighted by Crippen LogP contribution is 2.14. The van der Waals surface area contributed by atoms with Crippen molar-refractivity contribution in [2.45, 2.75) is 39.2 Å². The van der Waals surface area contributed by atoms with Crippen molar-refractivity contribution in [1.82, 2.24) is 10.6 Å². The van der Waals surface area contributed by atoms with Gasteiger partial charge in [0.1, 0.15) is 5.54 Å². The summed E-state index contributed by atoms with van der Waals surface area (Å²) in [5.74, 6) is -0.117. The van der Waals surface area contributed by atoms with E-state index in [1.54, 1.807) is 20.8 Å². The standard InChI is InChI=1S/C11H22N2O4S/c1-4-11(5-2,9(14)15)13-10(16)12-7-8-18(17)6-3/h4-8H2,1-3H3,(H,14,15)(H2,12,13,16).